The summed E-state index contributed by atoms with van der Waals surface area (Å²) >= 11 is 3.92. The lowest BCUT2D eigenvalue weighted by Crippen LogP contribution is -2.40. The number of ether oxygens (including phenoxy) is 1. The molecule has 2 heterocycles. The minimum absolute atomic E-state index is 0.0998. The molecule has 21 heavy (non-hydrogen) atoms. The van der Waals surface area contributed by atoms with E-state index in [1.165, 1.54) is 17.1 Å². The van der Waals surface area contributed by atoms with Crippen LogP contribution in [0.4, 0.5) is 0 Å². The van der Waals surface area contributed by atoms with E-state index in [1.807, 2.05) is 35.7 Å². The summed E-state index contributed by atoms with van der Waals surface area (Å²) < 4.78 is 6.06. The molecule has 1 N–H and O–H groups in total. The van der Waals surface area contributed by atoms with Crippen molar-refractivity contribution in [2.75, 3.05) is 18.1 Å². The minimum Gasteiger partial charge on any atom is -0.481 e. The first kappa shape index (κ1) is 15.3. The van der Waals surface area contributed by atoms with Crippen LogP contribution in [0.25, 0.3) is 0 Å². The predicted molar refractivity (Wildman–Crippen MR) is 87.3 cm³/mol. The number of hydrogen-bond donors (Lipinski definition) is 1. The zero-order chi connectivity index (χ0) is 14.7. The van der Waals surface area contributed by atoms with Gasteiger partial charge < -0.3 is 9.84 Å². The van der Waals surface area contributed by atoms with Gasteiger partial charge in [-0.2, -0.15) is 11.8 Å². The summed E-state index contributed by atoms with van der Waals surface area (Å²) in [6.45, 7) is 0.870. The fourth-order valence-electron chi connectivity index (χ4n) is 3.00. The molecule has 0 saturated carbocycles. The molecule has 2 saturated heterocycles. The fourth-order valence-corrected chi connectivity index (χ4v) is 5.66. The first-order chi connectivity index (χ1) is 10.2. The van der Waals surface area contributed by atoms with Gasteiger partial charge in [0.05, 0.1) is 12.0 Å². The lowest BCUT2D eigenvalue weighted by Gasteiger charge is -2.37. The molecule has 0 aromatic heterocycles. The Hall–Kier alpha value is -0.650. The molecule has 2 unspecified atom stereocenters. The smallest absolute Gasteiger partial charge is 0.307 e. The van der Waals surface area contributed by atoms with Gasteiger partial charge in [-0.15, -0.1) is 11.8 Å². The maximum absolute atomic E-state index is 10.7. The van der Waals surface area contributed by atoms with E-state index in [0.717, 1.165) is 30.8 Å². The van der Waals surface area contributed by atoms with Crippen LogP contribution in [-0.2, 0) is 16.0 Å². The summed E-state index contributed by atoms with van der Waals surface area (Å²) in [5.74, 6) is 1.59. The minimum atomic E-state index is -0.777. The third kappa shape index (κ3) is 3.96. The standard InChI is InChI=1S/C16H20O3S2/c17-15(18)9-12-1-3-13(4-2-12)21-14-5-7-19-16(10-14)6-8-20-11-16/h1-4,14H,5-11H2,(H,17,18). The highest BCUT2D eigenvalue weighted by atomic mass is 32.2. The molecule has 1 aromatic rings. The second kappa shape index (κ2) is 6.63. The number of aliphatic carboxylic acids is 1. The van der Waals surface area contributed by atoms with E-state index < -0.39 is 5.97 Å². The molecule has 1 aromatic carbocycles. The van der Waals surface area contributed by atoms with Crippen molar-refractivity contribution in [1.82, 2.24) is 0 Å². The average Bonchev–Trinajstić information content (AvgIpc) is 2.88. The number of carbonyl (C=O) groups is 1. The number of hydrogen-bond acceptors (Lipinski definition) is 4. The number of thioether (sulfide) groups is 2. The Balaban J connectivity index is 1.59. The van der Waals surface area contributed by atoms with Crippen LogP contribution in [0, 0.1) is 0 Å². The van der Waals surface area contributed by atoms with Crippen molar-refractivity contribution in [3.8, 4) is 0 Å². The molecule has 3 nitrogen and oxygen atoms in total. The molecule has 2 atom stereocenters. The Labute approximate surface area is 133 Å². The second-order valence-corrected chi connectivity index (χ2v) is 8.26. The van der Waals surface area contributed by atoms with Gasteiger partial charge in [-0.3, -0.25) is 4.79 Å². The highest BCUT2D eigenvalue weighted by Gasteiger charge is 2.40. The van der Waals surface area contributed by atoms with E-state index in [-0.39, 0.29) is 12.0 Å². The van der Waals surface area contributed by atoms with Crippen molar-refractivity contribution in [2.24, 2.45) is 0 Å². The third-order valence-electron chi connectivity index (χ3n) is 4.10. The molecule has 2 fully saturated rings. The van der Waals surface area contributed by atoms with Gasteiger partial charge in [-0.1, -0.05) is 12.1 Å². The quantitative estimate of drug-likeness (QED) is 0.919. The largest absolute Gasteiger partial charge is 0.481 e. The molecular weight excluding hydrogens is 304 g/mol. The van der Waals surface area contributed by atoms with Crippen LogP contribution >= 0.6 is 23.5 Å². The maximum atomic E-state index is 10.7. The van der Waals surface area contributed by atoms with Crippen molar-refractivity contribution in [3.63, 3.8) is 0 Å². The van der Waals surface area contributed by atoms with Crippen molar-refractivity contribution < 1.29 is 14.6 Å². The molecule has 2 aliphatic rings. The SMILES string of the molecule is O=C(O)Cc1ccc(SC2CCOC3(CCSC3)C2)cc1. The maximum Gasteiger partial charge on any atom is 0.307 e. The summed E-state index contributed by atoms with van der Waals surface area (Å²) in [6.07, 6.45) is 3.53. The topological polar surface area (TPSA) is 46.5 Å². The summed E-state index contributed by atoms with van der Waals surface area (Å²) in [6, 6.07) is 7.96. The molecule has 114 valence electrons. The summed E-state index contributed by atoms with van der Waals surface area (Å²) in [4.78, 5) is 11.9. The van der Waals surface area contributed by atoms with Gasteiger partial charge in [-0.05, 0) is 42.7 Å². The van der Waals surface area contributed by atoms with Crippen LogP contribution in [-0.4, -0.2) is 40.0 Å². The number of benzene rings is 1. The first-order valence-corrected chi connectivity index (χ1v) is 9.38. The second-order valence-electron chi connectivity index (χ2n) is 5.78. The summed E-state index contributed by atoms with van der Waals surface area (Å²) in [5, 5.41) is 9.41. The summed E-state index contributed by atoms with van der Waals surface area (Å²) in [5.41, 5.74) is 0.992. The summed E-state index contributed by atoms with van der Waals surface area (Å²) in [7, 11) is 0. The predicted octanol–water partition coefficient (Wildman–Crippen LogP) is 3.46. The van der Waals surface area contributed by atoms with E-state index in [9.17, 15) is 4.79 Å². The fraction of sp³-hybridized carbons (Fsp3) is 0.562. The first-order valence-electron chi connectivity index (χ1n) is 7.34. The van der Waals surface area contributed by atoms with E-state index in [4.69, 9.17) is 9.84 Å². The van der Waals surface area contributed by atoms with Crippen molar-refractivity contribution in [2.45, 2.75) is 41.4 Å². The lowest BCUT2D eigenvalue weighted by molar-refractivity contribution is -0.136. The van der Waals surface area contributed by atoms with Gasteiger partial charge in [-0.25, -0.2) is 0 Å². The van der Waals surface area contributed by atoms with Gasteiger partial charge in [0.1, 0.15) is 0 Å². The van der Waals surface area contributed by atoms with Crippen LogP contribution in [0.5, 0.6) is 0 Å². The number of carboxylic acid groups (broad SMARTS) is 1. The van der Waals surface area contributed by atoms with Crippen LogP contribution in [0.15, 0.2) is 29.2 Å². The molecule has 1 spiro atoms. The van der Waals surface area contributed by atoms with E-state index >= 15 is 0 Å². The molecule has 0 amide bonds. The molecular formula is C16H20O3S2. The Bertz CT molecular complexity index is 495. The molecule has 2 aliphatic heterocycles. The van der Waals surface area contributed by atoms with Gasteiger partial charge in [0.2, 0.25) is 0 Å². The third-order valence-corrected chi connectivity index (χ3v) is 6.60. The van der Waals surface area contributed by atoms with E-state index in [0.29, 0.717) is 5.25 Å². The van der Waals surface area contributed by atoms with Crippen LogP contribution in [0.2, 0.25) is 0 Å². The molecule has 0 radical (unpaired) electrons. The van der Waals surface area contributed by atoms with Crippen molar-refractivity contribution in [3.05, 3.63) is 29.8 Å². The average molecular weight is 324 g/mol. The van der Waals surface area contributed by atoms with Gasteiger partial charge in [0.25, 0.3) is 0 Å². The van der Waals surface area contributed by atoms with Crippen LogP contribution in [0.3, 0.4) is 0 Å². The molecule has 0 bridgehead atoms. The van der Waals surface area contributed by atoms with Crippen LogP contribution < -0.4 is 0 Å². The number of rotatable bonds is 4. The highest BCUT2D eigenvalue weighted by Crippen LogP contribution is 2.43. The zero-order valence-corrected chi connectivity index (χ0v) is 13.5. The Morgan fingerprint density at radius 3 is 2.90 bits per heavy atom. The van der Waals surface area contributed by atoms with Gasteiger partial charge >= 0.3 is 5.97 Å². The van der Waals surface area contributed by atoms with Crippen LogP contribution in [0.1, 0.15) is 24.8 Å². The Morgan fingerprint density at radius 2 is 2.24 bits per heavy atom. The Morgan fingerprint density at radius 1 is 1.43 bits per heavy atom. The monoisotopic (exact) mass is 324 g/mol. The number of carboxylic acids is 1. The highest BCUT2D eigenvalue weighted by molar-refractivity contribution is 8.00. The van der Waals surface area contributed by atoms with Crippen molar-refractivity contribution >= 4 is 29.5 Å². The van der Waals surface area contributed by atoms with Gasteiger partial charge in [0.15, 0.2) is 0 Å². The Kier molecular flexibility index (Phi) is 4.82. The zero-order valence-electron chi connectivity index (χ0n) is 11.9. The normalized spacial score (nSPS) is 28.9. The van der Waals surface area contributed by atoms with E-state index in [1.54, 1.807) is 0 Å². The molecule has 5 heteroatoms. The molecule has 0 aliphatic carbocycles. The molecule has 3 rings (SSSR count). The van der Waals surface area contributed by atoms with Crippen molar-refractivity contribution in [1.29, 1.82) is 0 Å². The van der Waals surface area contributed by atoms with E-state index in [2.05, 4.69) is 12.1 Å². The van der Waals surface area contributed by atoms with Gasteiger partial charge in [0, 0.05) is 22.5 Å². The lowest BCUT2D eigenvalue weighted by atomic mass is 9.93.